The van der Waals surface area contributed by atoms with Crippen molar-refractivity contribution < 1.29 is 13.9 Å². The lowest BCUT2D eigenvalue weighted by atomic mass is 10.1. The highest BCUT2D eigenvalue weighted by molar-refractivity contribution is 5.91. The van der Waals surface area contributed by atoms with Gasteiger partial charge in [-0.25, -0.2) is 14.6 Å². The van der Waals surface area contributed by atoms with Gasteiger partial charge >= 0.3 is 11.7 Å². The number of hydrogen-bond donors (Lipinski definition) is 0. The molecule has 21 heavy (non-hydrogen) atoms. The molecule has 106 valence electrons. The monoisotopic (exact) mass is 284 g/mol. The van der Waals surface area contributed by atoms with E-state index in [1.807, 2.05) is 0 Å². The molecule has 2 heterocycles. The van der Waals surface area contributed by atoms with Crippen molar-refractivity contribution in [1.82, 2.24) is 9.55 Å². The molecule has 6 heteroatoms. The number of benzene rings is 1. The zero-order valence-corrected chi connectivity index (χ0v) is 11.3. The predicted molar refractivity (Wildman–Crippen MR) is 75.2 cm³/mol. The SMILES string of the molecule is COC(=O)c1ccccc1Cn1c(=O)oc2cccnc21. The molecule has 0 saturated carbocycles. The number of carbonyl (C=O) groups excluding carboxylic acids is 1. The average molecular weight is 284 g/mol. The van der Waals surface area contributed by atoms with Gasteiger partial charge in [0.15, 0.2) is 11.2 Å². The highest BCUT2D eigenvalue weighted by Crippen LogP contribution is 2.15. The summed E-state index contributed by atoms with van der Waals surface area (Å²) >= 11 is 0. The normalized spacial score (nSPS) is 10.7. The second-order valence-corrected chi connectivity index (χ2v) is 4.43. The van der Waals surface area contributed by atoms with Crippen LogP contribution in [0.3, 0.4) is 0 Å². The summed E-state index contributed by atoms with van der Waals surface area (Å²) in [5, 5.41) is 0. The van der Waals surface area contributed by atoms with Gasteiger partial charge in [-0.1, -0.05) is 18.2 Å². The van der Waals surface area contributed by atoms with Crippen molar-refractivity contribution in [1.29, 1.82) is 0 Å². The average Bonchev–Trinajstić information content (AvgIpc) is 2.83. The summed E-state index contributed by atoms with van der Waals surface area (Å²) in [5.74, 6) is -0.956. The number of aromatic nitrogens is 2. The molecule has 6 nitrogen and oxygen atoms in total. The first-order valence-corrected chi connectivity index (χ1v) is 6.31. The Balaban J connectivity index is 2.09. The predicted octanol–water partition coefficient (Wildman–Crippen LogP) is 1.82. The largest absolute Gasteiger partial charge is 0.465 e. The number of rotatable bonds is 3. The van der Waals surface area contributed by atoms with Crippen molar-refractivity contribution in [3.05, 3.63) is 64.3 Å². The molecule has 0 unspecified atom stereocenters. The number of methoxy groups -OCH3 is 1. The minimum Gasteiger partial charge on any atom is -0.465 e. The smallest absolute Gasteiger partial charge is 0.421 e. The van der Waals surface area contributed by atoms with Crippen LogP contribution in [0.4, 0.5) is 0 Å². The third kappa shape index (κ3) is 2.31. The van der Waals surface area contributed by atoms with E-state index in [4.69, 9.17) is 9.15 Å². The molecular weight excluding hydrogens is 272 g/mol. The Kier molecular flexibility index (Phi) is 3.27. The van der Waals surface area contributed by atoms with Gasteiger partial charge in [-0.2, -0.15) is 0 Å². The molecule has 0 amide bonds. The van der Waals surface area contributed by atoms with E-state index < -0.39 is 11.7 Å². The Morgan fingerprint density at radius 1 is 1.29 bits per heavy atom. The molecule has 3 aromatic rings. The fourth-order valence-corrected chi connectivity index (χ4v) is 2.18. The van der Waals surface area contributed by atoms with Crippen LogP contribution in [0.2, 0.25) is 0 Å². The van der Waals surface area contributed by atoms with Crippen LogP contribution >= 0.6 is 0 Å². The zero-order chi connectivity index (χ0) is 14.8. The highest BCUT2D eigenvalue weighted by Gasteiger charge is 2.15. The number of hydrogen-bond acceptors (Lipinski definition) is 5. The lowest BCUT2D eigenvalue weighted by molar-refractivity contribution is 0.0599. The molecule has 2 aromatic heterocycles. The van der Waals surface area contributed by atoms with Gasteiger partial charge in [0.2, 0.25) is 0 Å². The maximum Gasteiger partial charge on any atom is 0.421 e. The van der Waals surface area contributed by atoms with E-state index in [9.17, 15) is 9.59 Å². The van der Waals surface area contributed by atoms with Crippen molar-refractivity contribution in [3.8, 4) is 0 Å². The van der Waals surface area contributed by atoms with Crippen LogP contribution in [0.1, 0.15) is 15.9 Å². The quantitative estimate of drug-likeness (QED) is 0.686. The second-order valence-electron chi connectivity index (χ2n) is 4.43. The van der Waals surface area contributed by atoms with Crippen LogP contribution in [-0.2, 0) is 11.3 Å². The van der Waals surface area contributed by atoms with E-state index in [1.165, 1.54) is 11.7 Å². The van der Waals surface area contributed by atoms with Gasteiger partial charge in [0, 0.05) is 6.20 Å². The first kappa shape index (κ1) is 13.1. The van der Waals surface area contributed by atoms with Gasteiger partial charge < -0.3 is 9.15 Å². The van der Waals surface area contributed by atoms with Crippen molar-refractivity contribution in [2.24, 2.45) is 0 Å². The molecule has 3 rings (SSSR count). The summed E-state index contributed by atoms with van der Waals surface area (Å²) in [6, 6.07) is 10.3. The summed E-state index contributed by atoms with van der Waals surface area (Å²) in [4.78, 5) is 27.8. The maximum atomic E-state index is 11.9. The topological polar surface area (TPSA) is 74.3 Å². The molecule has 0 bridgehead atoms. The van der Waals surface area contributed by atoms with E-state index >= 15 is 0 Å². The number of pyridine rings is 1. The molecule has 0 saturated heterocycles. The van der Waals surface area contributed by atoms with Crippen LogP contribution in [0.25, 0.3) is 11.2 Å². The summed E-state index contributed by atoms with van der Waals surface area (Å²) in [6.07, 6.45) is 1.58. The lowest BCUT2D eigenvalue weighted by Crippen LogP contribution is -2.17. The van der Waals surface area contributed by atoms with Crippen LogP contribution in [-0.4, -0.2) is 22.6 Å². The van der Waals surface area contributed by atoms with Gasteiger partial charge in [0.25, 0.3) is 0 Å². The van der Waals surface area contributed by atoms with E-state index in [-0.39, 0.29) is 6.54 Å². The van der Waals surface area contributed by atoms with Crippen molar-refractivity contribution in [3.63, 3.8) is 0 Å². The zero-order valence-electron chi connectivity index (χ0n) is 11.3. The Hall–Kier alpha value is -2.89. The van der Waals surface area contributed by atoms with Crippen LogP contribution in [0.15, 0.2) is 51.8 Å². The highest BCUT2D eigenvalue weighted by atomic mass is 16.5. The van der Waals surface area contributed by atoms with Gasteiger partial charge in [0.05, 0.1) is 19.2 Å². The fourth-order valence-electron chi connectivity index (χ4n) is 2.18. The maximum absolute atomic E-state index is 11.9. The fraction of sp³-hybridized carbons (Fsp3) is 0.133. The van der Waals surface area contributed by atoms with E-state index in [2.05, 4.69) is 4.98 Å². The molecule has 0 N–H and O–H groups in total. The van der Waals surface area contributed by atoms with Gasteiger partial charge in [-0.15, -0.1) is 0 Å². The molecule has 0 aliphatic rings. The summed E-state index contributed by atoms with van der Waals surface area (Å²) in [5.41, 5.74) is 1.94. The number of esters is 1. The summed E-state index contributed by atoms with van der Waals surface area (Å²) in [6.45, 7) is 0.189. The first-order valence-electron chi connectivity index (χ1n) is 6.31. The van der Waals surface area contributed by atoms with Crippen LogP contribution in [0, 0.1) is 0 Å². The minimum absolute atomic E-state index is 0.189. The van der Waals surface area contributed by atoms with Crippen molar-refractivity contribution in [2.75, 3.05) is 7.11 Å². The van der Waals surface area contributed by atoms with Gasteiger partial charge in [-0.3, -0.25) is 4.57 Å². The molecule has 0 aliphatic carbocycles. The number of nitrogens with zero attached hydrogens (tertiary/aromatic N) is 2. The van der Waals surface area contributed by atoms with E-state index in [1.54, 1.807) is 42.6 Å². The standard InChI is InChI=1S/C15H12N2O4/c1-20-14(18)11-6-3-2-5-10(11)9-17-13-12(21-15(17)19)7-4-8-16-13/h2-8H,9H2,1H3. The van der Waals surface area contributed by atoms with Crippen molar-refractivity contribution >= 4 is 17.2 Å². The Labute approximate surface area is 119 Å². The Morgan fingerprint density at radius 2 is 2.10 bits per heavy atom. The van der Waals surface area contributed by atoms with E-state index in [0.717, 1.165) is 0 Å². The van der Waals surface area contributed by atoms with Gasteiger partial charge in [-0.05, 0) is 23.8 Å². The molecule has 0 fully saturated rings. The lowest BCUT2D eigenvalue weighted by Gasteiger charge is -2.07. The summed E-state index contributed by atoms with van der Waals surface area (Å²) in [7, 11) is 1.32. The molecule has 0 radical (unpaired) electrons. The third-order valence-corrected chi connectivity index (χ3v) is 3.18. The number of fused-ring (bicyclic) bond motifs is 1. The second kappa shape index (κ2) is 5.24. The number of oxazole rings is 1. The first-order chi connectivity index (χ1) is 10.2. The number of carbonyl (C=O) groups is 1. The van der Waals surface area contributed by atoms with Crippen LogP contribution in [0.5, 0.6) is 0 Å². The summed E-state index contributed by atoms with van der Waals surface area (Å²) < 4.78 is 11.3. The minimum atomic E-state index is -0.511. The third-order valence-electron chi connectivity index (χ3n) is 3.18. The number of ether oxygens (including phenoxy) is 1. The van der Waals surface area contributed by atoms with Crippen molar-refractivity contribution in [2.45, 2.75) is 6.54 Å². The Morgan fingerprint density at radius 3 is 2.90 bits per heavy atom. The molecular formula is C15H12N2O4. The van der Waals surface area contributed by atoms with E-state index in [0.29, 0.717) is 22.4 Å². The van der Waals surface area contributed by atoms with Gasteiger partial charge in [0.1, 0.15) is 0 Å². The van der Waals surface area contributed by atoms with Crippen LogP contribution < -0.4 is 5.76 Å². The molecule has 0 spiro atoms. The molecule has 1 aromatic carbocycles. The molecule has 0 aliphatic heterocycles. The molecule has 0 atom stereocenters. The Bertz CT molecular complexity index is 863.